The van der Waals surface area contributed by atoms with Gasteiger partial charge in [0.25, 0.3) is 5.56 Å². The zero-order valence-corrected chi connectivity index (χ0v) is 15.3. The molecule has 1 aromatic heterocycles. The number of fused-ring (bicyclic) bond motifs is 1. The normalized spacial score (nSPS) is 10.6. The first-order valence-corrected chi connectivity index (χ1v) is 9.42. The van der Waals surface area contributed by atoms with Gasteiger partial charge in [0.2, 0.25) is 0 Å². The van der Waals surface area contributed by atoms with Crippen LogP contribution in [0.1, 0.15) is 12.5 Å². The van der Waals surface area contributed by atoms with E-state index in [2.05, 4.69) is 11.1 Å². The molecule has 132 valence electrons. The Bertz CT molecular complexity index is 991. The summed E-state index contributed by atoms with van der Waals surface area (Å²) < 4.78 is 7.43. The van der Waals surface area contributed by atoms with Crippen molar-refractivity contribution in [2.75, 3.05) is 12.4 Å². The number of rotatable bonds is 7. The molecular formula is C20H19N3O2S. The van der Waals surface area contributed by atoms with Crippen LogP contribution < -0.4 is 10.3 Å². The molecular weight excluding hydrogens is 346 g/mol. The van der Waals surface area contributed by atoms with Crippen LogP contribution in [0.25, 0.3) is 10.9 Å². The predicted molar refractivity (Wildman–Crippen MR) is 104 cm³/mol. The Morgan fingerprint density at radius 2 is 1.96 bits per heavy atom. The number of hydrogen-bond donors (Lipinski definition) is 0. The fourth-order valence-electron chi connectivity index (χ4n) is 2.62. The number of aromatic nitrogens is 2. The summed E-state index contributed by atoms with van der Waals surface area (Å²) in [6.07, 6.45) is 0.401. The third-order valence-corrected chi connectivity index (χ3v) is 4.87. The number of nitriles is 1. The van der Waals surface area contributed by atoms with Crippen molar-refractivity contribution in [2.24, 2.45) is 0 Å². The van der Waals surface area contributed by atoms with Crippen molar-refractivity contribution in [1.82, 2.24) is 9.55 Å². The Kier molecular flexibility index (Phi) is 5.92. The summed E-state index contributed by atoms with van der Waals surface area (Å²) in [7, 11) is 0. The van der Waals surface area contributed by atoms with Gasteiger partial charge in [0.15, 0.2) is 5.16 Å². The van der Waals surface area contributed by atoms with Gasteiger partial charge in [-0.05, 0) is 36.8 Å². The minimum absolute atomic E-state index is 0.00500. The van der Waals surface area contributed by atoms with E-state index in [1.807, 2.05) is 55.5 Å². The molecule has 0 aliphatic carbocycles. The molecule has 0 aliphatic heterocycles. The van der Waals surface area contributed by atoms with Crippen molar-refractivity contribution in [3.63, 3.8) is 0 Å². The smallest absolute Gasteiger partial charge is 0.262 e. The lowest BCUT2D eigenvalue weighted by atomic mass is 10.2. The Morgan fingerprint density at radius 1 is 1.19 bits per heavy atom. The molecule has 0 saturated heterocycles. The first kappa shape index (κ1) is 18.0. The van der Waals surface area contributed by atoms with E-state index in [1.54, 1.807) is 4.57 Å². The van der Waals surface area contributed by atoms with Crippen LogP contribution in [0.5, 0.6) is 5.75 Å². The van der Waals surface area contributed by atoms with Gasteiger partial charge < -0.3 is 4.74 Å². The van der Waals surface area contributed by atoms with Crippen molar-refractivity contribution in [3.05, 3.63) is 64.4 Å². The highest BCUT2D eigenvalue weighted by Crippen LogP contribution is 2.18. The molecule has 1 heterocycles. The largest absolute Gasteiger partial charge is 0.493 e. The second kappa shape index (κ2) is 8.54. The van der Waals surface area contributed by atoms with Gasteiger partial charge in [-0.2, -0.15) is 5.26 Å². The van der Waals surface area contributed by atoms with Crippen LogP contribution in [0.2, 0.25) is 0 Å². The first-order chi connectivity index (χ1) is 12.7. The number of benzene rings is 2. The number of thioether (sulfide) groups is 1. The molecule has 0 saturated carbocycles. The predicted octanol–water partition coefficient (Wildman–Crippen LogP) is 3.65. The quantitative estimate of drug-likeness (QED) is 0.363. The highest BCUT2D eigenvalue weighted by Gasteiger charge is 2.10. The number of nitrogens with zero attached hydrogens (tertiary/aromatic N) is 3. The van der Waals surface area contributed by atoms with Crippen molar-refractivity contribution < 1.29 is 4.74 Å². The van der Waals surface area contributed by atoms with Gasteiger partial charge in [-0.1, -0.05) is 36.0 Å². The minimum atomic E-state index is -0.00500. The minimum Gasteiger partial charge on any atom is -0.493 e. The molecule has 5 nitrogen and oxygen atoms in total. The molecule has 0 spiro atoms. The van der Waals surface area contributed by atoms with E-state index in [0.29, 0.717) is 35.9 Å². The van der Waals surface area contributed by atoms with Gasteiger partial charge in [-0.15, -0.1) is 0 Å². The molecule has 0 radical (unpaired) electrons. The summed E-state index contributed by atoms with van der Waals surface area (Å²) in [5, 5.41) is 10.0. The fraction of sp³-hybridized carbons (Fsp3) is 0.250. The van der Waals surface area contributed by atoms with Gasteiger partial charge in [0, 0.05) is 12.3 Å². The van der Waals surface area contributed by atoms with Crippen LogP contribution in [0.4, 0.5) is 0 Å². The van der Waals surface area contributed by atoms with E-state index in [9.17, 15) is 4.79 Å². The number of para-hydroxylation sites is 1. The molecule has 3 aromatic rings. The second-order valence-corrected chi connectivity index (χ2v) is 6.70. The van der Waals surface area contributed by atoms with Crippen molar-refractivity contribution in [3.8, 4) is 11.8 Å². The first-order valence-electron chi connectivity index (χ1n) is 8.44. The van der Waals surface area contributed by atoms with E-state index < -0.39 is 0 Å². The monoisotopic (exact) mass is 365 g/mol. The molecule has 2 aromatic carbocycles. The van der Waals surface area contributed by atoms with E-state index >= 15 is 0 Å². The van der Waals surface area contributed by atoms with E-state index in [4.69, 9.17) is 10.00 Å². The van der Waals surface area contributed by atoms with Crippen LogP contribution in [0.15, 0.2) is 58.5 Å². The number of hydrogen-bond acceptors (Lipinski definition) is 5. The van der Waals surface area contributed by atoms with Crippen LogP contribution in [-0.2, 0) is 13.0 Å². The lowest BCUT2D eigenvalue weighted by Crippen LogP contribution is -2.22. The summed E-state index contributed by atoms with van der Waals surface area (Å²) >= 11 is 1.51. The Hall–Kier alpha value is -2.78. The maximum Gasteiger partial charge on any atom is 0.262 e. The zero-order valence-electron chi connectivity index (χ0n) is 14.5. The molecule has 0 fully saturated rings. The average molecular weight is 365 g/mol. The Balaban J connectivity index is 1.64. The molecule has 3 rings (SSSR count). The summed E-state index contributed by atoms with van der Waals surface area (Å²) in [4.78, 5) is 17.2. The van der Waals surface area contributed by atoms with E-state index in [0.717, 1.165) is 16.8 Å². The number of ether oxygens (including phenoxy) is 1. The van der Waals surface area contributed by atoms with Crippen molar-refractivity contribution >= 4 is 22.7 Å². The third kappa shape index (κ3) is 4.06. The molecule has 0 atom stereocenters. The van der Waals surface area contributed by atoms with Crippen LogP contribution in [0, 0.1) is 11.3 Å². The van der Waals surface area contributed by atoms with E-state index in [-0.39, 0.29) is 5.56 Å². The van der Waals surface area contributed by atoms with Crippen molar-refractivity contribution in [1.29, 1.82) is 5.26 Å². The lowest BCUT2D eigenvalue weighted by Gasteiger charge is -2.11. The molecule has 0 amide bonds. The van der Waals surface area contributed by atoms with Gasteiger partial charge in [0.1, 0.15) is 5.75 Å². The molecule has 26 heavy (non-hydrogen) atoms. The summed E-state index contributed by atoms with van der Waals surface area (Å²) in [5.74, 6) is 1.46. The summed E-state index contributed by atoms with van der Waals surface area (Å²) in [6, 6.07) is 17.1. The average Bonchev–Trinajstić information content (AvgIpc) is 2.67. The fourth-order valence-corrected chi connectivity index (χ4v) is 3.50. The standard InChI is InChI=1S/C20H19N3O2S/c1-2-23-19(24)17-5-3-4-6-18(17)22-20(23)26-14-13-25-16-9-7-15(8-10-16)11-12-21/h3-10H,2,11,13-14H2,1H3. The molecule has 0 aliphatic rings. The third-order valence-electron chi connectivity index (χ3n) is 3.93. The van der Waals surface area contributed by atoms with Crippen LogP contribution in [-0.4, -0.2) is 21.9 Å². The second-order valence-electron chi connectivity index (χ2n) is 5.64. The van der Waals surface area contributed by atoms with Gasteiger partial charge in [-0.25, -0.2) is 4.98 Å². The highest BCUT2D eigenvalue weighted by atomic mass is 32.2. The molecule has 6 heteroatoms. The SMILES string of the molecule is CCn1c(SCCOc2ccc(CC#N)cc2)nc2ccccc2c1=O. The van der Waals surface area contributed by atoms with E-state index in [1.165, 1.54) is 11.8 Å². The zero-order chi connectivity index (χ0) is 18.4. The van der Waals surface area contributed by atoms with Gasteiger partial charge >= 0.3 is 0 Å². The lowest BCUT2D eigenvalue weighted by molar-refractivity contribution is 0.343. The molecule has 0 bridgehead atoms. The molecule has 0 unspecified atom stereocenters. The van der Waals surface area contributed by atoms with Gasteiger partial charge in [0.05, 0.1) is 30.0 Å². The Morgan fingerprint density at radius 3 is 2.69 bits per heavy atom. The van der Waals surface area contributed by atoms with Gasteiger partial charge in [-0.3, -0.25) is 9.36 Å². The van der Waals surface area contributed by atoms with Crippen LogP contribution >= 0.6 is 11.8 Å². The maximum absolute atomic E-state index is 12.6. The highest BCUT2D eigenvalue weighted by molar-refractivity contribution is 7.99. The van der Waals surface area contributed by atoms with Crippen molar-refractivity contribution in [2.45, 2.75) is 25.0 Å². The molecule has 0 N–H and O–H groups in total. The Labute approximate surface area is 156 Å². The maximum atomic E-state index is 12.6. The summed E-state index contributed by atoms with van der Waals surface area (Å²) in [6.45, 7) is 3.04. The topological polar surface area (TPSA) is 67.9 Å². The summed E-state index contributed by atoms with van der Waals surface area (Å²) in [5.41, 5.74) is 1.69. The van der Waals surface area contributed by atoms with Crippen LogP contribution in [0.3, 0.4) is 0 Å².